The minimum absolute atomic E-state index is 0.0398. The van der Waals surface area contributed by atoms with Gasteiger partial charge in [-0.15, -0.1) is 0 Å². The molecule has 0 saturated carbocycles. The molecule has 0 spiro atoms. The van der Waals surface area contributed by atoms with Crippen LogP contribution < -0.4 is 66.5 Å². The Morgan fingerprint density at radius 3 is 1.24 bits per heavy atom. The molecule has 626 valence electrons. The Hall–Kier alpha value is -8.57. The molecule has 0 radical (unpaired) electrons. The number of nitrogens with one attached hydrogen (secondary N) is 6. The van der Waals surface area contributed by atoms with E-state index >= 15 is 0 Å². The van der Waals surface area contributed by atoms with Crippen molar-refractivity contribution in [1.29, 1.82) is 0 Å². The van der Waals surface area contributed by atoms with E-state index in [4.69, 9.17) is 49.0 Å². The fourth-order valence-electron chi connectivity index (χ4n) is 14.9. The molecule has 0 unspecified atom stereocenters. The van der Waals surface area contributed by atoms with Gasteiger partial charge < -0.3 is 74.8 Å². The first-order valence-corrected chi connectivity index (χ1v) is 48.4. The Morgan fingerprint density at radius 1 is 0.444 bits per heavy atom. The smallest absolute Gasteiger partial charge is 0.229 e. The quantitative estimate of drug-likeness (QED) is 0.0290. The lowest BCUT2D eigenvalue weighted by Crippen LogP contribution is -2.52. The molecule has 0 amide bonds. The molecular weight excluding hydrogens is 1630 g/mol. The number of aromatic nitrogens is 6. The number of methoxy groups -OCH3 is 3. The van der Waals surface area contributed by atoms with Gasteiger partial charge in [0.2, 0.25) is 17.8 Å². The SMILES string of the molecule is COc1cc(N2CCC(N3CCN(C)CC3)CC2)ccc1Nc1ncc(Cl)c(Nc2ccc(P(C)(C)=O)cc2S(=O)(=O)C(C)C)n1.COc1cc(N2CCC(N3CCN(C)CC3)CC2)ccc1Nc1ncc(Cl)c(Nc2ccccc2P2(=O)CCCC2)n1.COc1ccccc1Nc1ncc(Cl)c(Nc2ccccc2S(=O)(=O)C(C)C)n1. The molecule has 0 bridgehead atoms. The van der Waals surface area contributed by atoms with Crippen LogP contribution in [0.15, 0.2) is 156 Å². The van der Waals surface area contributed by atoms with Gasteiger partial charge in [0.25, 0.3) is 0 Å². The van der Waals surface area contributed by atoms with Gasteiger partial charge in [-0.1, -0.05) is 71.2 Å². The molecule has 6 N–H and O–H groups in total. The molecule has 14 rings (SSSR count). The van der Waals surface area contributed by atoms with Crippen molar-refractivity contribution < 1.29 is 40.2 Å². The highest BCUT2D eigenvalue weighted by Crippen LogP contribution is 2.53. The summed E-state index contributed by atoms with van der Waals surface area (Å²) in [5, 5.41) is 20.0. The van der Waals surface area contributed by atoms with Crippen LogP contribution in [0.2, 0.25) is 15.1 Å². The van der Waals surface area contributed by atoms with E-state index in [-0.39, 0.29) is 49.1 Å². The molecular formula is C83H107Cl3N18O9P2S2. The summed E-state index contributed by atoms with van der Waals surface area (Å²) in [5.41, 5.74) is 5.87. The van der Waals surface area contributed by atoms with Crippen LogP contribution in [-0.2, 0) is 28.8 Å². The highest BCUT2D eigenvalue weighted by atomic mass is 35.5. The van der Waals surface area contributed by atoms with Crippen LogP contribution in [0.25, 0.3) is 0 Å². The zero-order valence-electron chi connectivity index (χ0n) is 68.2. The van der Waals surface area contributed by atoms with Gasteiger partial charge in [-0.05, 0) is 173 Å². The Bertz CT molecular complexity index is 5270. The first-order chi connectivity index (χ1) is 56.0. The van der Waals surface area contributed by atoms with Gasteiger partial charge in [-0.3, -0.25) is 9.80 Å². The Morgan fingerprint density at radius 2 is 0.812 bits per heavy atom. The van der Waals surface area contributed by atoms with E-state index in [1.807, 2.05) is 66.7 Å². The molecule has 27 nitrogen and oxygen atoms in total. The lowest BCUT2D eigenvalue weighted by atomic mass is 10.0. The number of anilines is 14. The number of piperazine rings is 2. The van der Waals surface area contributed by atoms with Crippen molar-refractivity contribution in [3.05, 3.63) is 161 Å². The summed E-state index contributed by atoms with van der Waals surface area (Å²) in [6.07, 6.45) is 12.6. The largest absolute Gasteiger partial charge is 0.495 e. The highest BCUT2D eigenvalue weighted by molar-refractivity contribution is 7.92. The average molecular weight is 1730 g/mol. The summed E-state index contributed by atoms with van der Waals surface area (Å²) < 4.78 is 95.2. The number of halogens is 3. The van der Waals surface area contributed by atoms with E-state index < -0.39 is 44.5 Å². The number of nitrogens with zero attached hydrogens (tertiary/aromatic N) is 12. The normalized spacial score (nSPS) is 16.8. The van der Waals surface area contributed by atoms with Crippen LogP contribution in [0.3, 0.4) is 0 Å². The zero-order valence-corrected chi connectivity index (χ0v) is 73.9. The minimum atomic E-state index is -3.73. The number of piperidine rings is 2. The zero-order chi connectivity index (χ0) is 83.3. The summed E-state index contributed by atoms with van der Waals surface area (Å²) in [6.45, 7) is 23.0. The second-order valence-electron chi connectivity index (χ2n) is 30.8. The van der Waals surface area contributed by atoms with E-state index in [9.17, 15) is 26.0 Å². The van der Waals surface area contributed by atoms with Crippen LogP contribution in [0.4, 0.5) is 80.8 Å². The number of sulfone groups is 2. The summed E-state index contributed by atoms with van der Waals surface area (Å²) in [7, 11) is -3.04. The van der Waals surface area contributed by atoms with Crippen molar-refractivity contribution >= 4 is 160 Å². The predicted octanol–water partition coefficient (Wildman–Crippen LogP) is 15.7. The lowest BCUT2D eigenvalue weighted by molar-refractivity contribution is 0.0982. The third kappa shape index (κ3) is 21.9. The molecule has 0 atom stereocenters. The van der Waals surface area contributed by atoms with Crippen LogP contribution in [0.1, 0.15) is 66.2 Å². The molecule has 0 aliphatic carbocycles. The first-order valence-electron chi connectivity index (χ1n) is 39.5. The van der Waals surface area contributed by atoms with Crippen molar-refractivity contribution in [3.8, 4) is 17.2 Å². The van der Waals surface area contributed by atoms with Crippen LogP contribution >= 0.6 is 49.1 Å². The van der Waals surface area contributed by atoms with Crippen LogP contribution in [-0.4, -0.2) is 229 Å². The molecule has 34 heteroatoms. The van der Waals surface area contributed by atoms with E-state index in [1.165, 1.54) is 44.4 Å². The molecule has 3 aromatic heterocycles. The van der Waals surface area contributed by atoms with Gasteiger partial charge in [-0.25, -0.2) is 31.8 Å². The third-order valence-electron chi connectivity index (χ3n) is 21.9. The van der Waals surface area contributed by atoms with E-state index in [0.29, 0.717) is 62.7 Å². The number of benzene rings is 6. The van der Waals surface area contributed by atoms with Crippen LogP contribution in [0, 0.1) is 0 Å². The van der Waals surface area contributed by atoms with Gasteiger partial charge in [0.15, 0.2) is 37.1 Å². The van der Waals surface area contributed by atoms with E-state index in [2.05, 4.69) is 123 Å². The maximum absolute atomic E-state index is 13.6. The van der Waals surface area contributed by atoms with Gasteiger partial charge in [0.1, 0.15) is 46.6 Å². The maximum atomic E-state index is 13.6. The summed E-state index contributed by atoms with van der Waals surface area (Å²) in [6, 6.07) is 40.1. The Labute approximate surface area is 703 Å². The van der Waals surface area contributed by atoms with E-state index in [0.717, 1.165) is 137 Å². The molecule has 9 aromatic rings. The molecule has 8 heterocycles. The average Bonchev–Trinajstić information content (AvgIpc) is 1.28. The Balaban J connectivity index is 0.000000166. The van der Waals surface area contributed by atoms with Crippen molar-refractivity contribution in [2.75, 3.05) is 181 Å². The molecule has 5 saturated heterocycles. The van der Waals surface area contributed by atoms with Crippen molar-refractivity contribution in [2.45, 2.75) is 98.6 Å². The molecule has 5 aliphatic heterocycles. The topological polar surface area (TPSA) is 299 Å². The van der Waals surface area contributed by atoms with Crippen molar-refractivity contribution in [1.82, 2.24) is 49.5 Å². The van der Waals surface area contributed by atoms with E-state index in [1.54, 1.807) is 105 Å². The van der Waals surface area contributed by atoms with Gasteiger partial charge >= 0.3 is 0 Å². The monoisotopic (exact) mass is 1730 g/mol. The fraction of sp³-hybridized carbons (Fsp3) is 0.422. The second kappa shape index (κ2) is 39.1. The Kier molecular flexibility index (Phi) is 29.3. The number of hydrogen-bond acceptors (Lipinski definition) is 27. The second-order valence-corrected chi connectivity index (χ2v) is 43.3. The van der Waals surface area contributed by atoms with Crippen molar-refractivity contribution in [2.24, 2.45) is 0 Å². The number of para-hydroxylation sites is 4. The summed E-state index contributed by atoms with van der Waals surface area (Å²) in [5.74, 6) is 3.91. The fourth-order valence-corrected chi connectivity index (χ4v) is 21.8. The van der Waals surface area contributed by atoms with Gasteiger partial charge in [0.05, 0.1) is 94.3 Å². The van der Waals surface area contributed by atoms with Gasteiger partial charge in [-0.2, -0.15) is 15.0 Å². The van der Waals surface area contributed by atoms with Crippen LogP contribution in [0.5, 0.6) is 17.2 Å². The number of likely N-dealkylation sites (N-methyl/N-ethyl adjacent to an activating group) is 2. The summed E-state index contributed by atoms with van der Waals surface area (Å²) >= 11 is 19.2. The molecule has 5 fully saturated rings. The standard InChI is InChI=1S/C32H45ClN7O4PS.C31H41ClN7O2P.C20H21ClN4O3S/c1-22(2)46(42,43)30-20-25(45(5,6)41)8-10-28(30)35-31-26(33)21-34-32(37-31)36-27-9-7-24(19-29(27)44-4)39-13-11-23(12-14-39)40-17-15-38(3)16-18-40;1-37-15-17-39(18-16-37)23-11-13-38(14-12-23)24-9-10-26(28(21-24)41-2)35-31-33-22-25(32)30(36-31)34-27-7-3-4-8-29(27)42(40)19-5-6-20-42;1-13(2)29(26,27)18-11-7-5-9-16(18)23-19-14(21)12-22-20(25-19)24-15-8-4-6-10-17(15)28-3/h7-10,19-23H,11-18H2,1-6H3,(H2,34,35,36,37);3-4,7-10,21-23H,5-6,11-20H2,1-2H3,(H2,33,34,35,36);4-13H,1-3H3,(H2,22,23,24,25). The maximum Gasteiger partial charge on any atom is 0.229 e. The number of rotatable bonds is 25. The minimum Gasteiger partial charge on any atom is -0.495 e. The molecule has 117 heavy (non-hydrogen) atoms. The first kappa shape index (κ1) is 87.7. The summed E-state index contributed by atoms with van der Waals surface area (Å²) in [4.78, 5) is 41.8. The molecule has 5 aliphatic rings. The number of ether oxygens (including phenoxy) is 3. The molecule has 6 aromatic carbocycles. The predicted molar refractivity (Wildman–Crippen MR) is 478 cm³/mol. The lowest BCUT2D eigenvalue weighted by Gasteiger charge is -2.42. The highest BCUT2D eigenvalue weighted by Gasteiger charge is 2.34. The third-order valence-corrected chi connectivity index (χ3v) is 32.0. The van der Waals surface area contributed by atoms with Crippen molar-refractivity contribution in [3.63, 3.8) is 0 Å². The number of hydrogen-bond donors (Lipinski definition) is 6. The van der Waals surface area contributed by atoms with Gasteiger partial charge in [0, 0.05) is 137 Å².